The molecule has 0 saturated carbocycles. The molecule has 0 aromatic heterocycles. The number of aromatic carboxylic acids is 1. The first-order chi connectivity index (χ1) is 9.90. The van der Waals surface area contributed by atoms with Crippen LogP contribution in [0.1, 0.15) is 41.0 Å². The quantitative estimate of drug-likeness (QED) is 0.495. The van der Waals surface area contributed by atoms with Crippen molar-refractivity contribution in [2.75, 3.05) is 20.3 Å². The van der Waals surface area contributed by atoms with Crippen LogP contribution in [0, 0.1) is 0 Å². The summed E-state index contributed by atoms with van der Waals surface area (Å²) in [7, 11) is 1.56. The van der Waals surface area contributed by atoms with Crippen LogP contribution in [0.15, 0.2) is 36.4 Å². The summed E-state index contributed by atoms with van der Waals surface area (Å²) >= 11 is 0. The number of carbonyl (C=O) groups is 2. The van der Waals surface area contributed by atoms with Gasteiger partial charge >= 0.3 is 11.9 Å². The van der Waals surface area contributed by atoms with Gasteiger partial charge in [0.05, 0.1) is 17.7 Å². The number of allylic oxidation sites excluding steroid dienone is 1. The van der Waals surface area contributed by atoms with E-state index in [0.29, 0.717) is 13.0 Å². The molecule has 0 unspecified atom stereocenters. The molecule has 21 heavy (non-hydrogen) atoms. The standard InChI is InChI=1S/C12H14O5.C4H8/c1-16-7-4-8-17-12(15)10-6-3-2-5-9(10)11(13)14;1-4(2)3/h2-3,5-6H,4,7-8H2,1H3,(H,13,14);1H2,2-3H3. The lowest BCUT2D eigenvalue weighted by Crippen LogP contribution is -2.12. The topological polar surface area (TPSA) is 72.8 Å². The number of ether oxygens (including phenoxy) is 2. The van der Waals surface area contributed by atoms with E-state index in [0.717, 1.165) is 0 Å². The fourth-order valence-corrected chi connectivity index (χ4v) is 1.29. The molecular weight excluding hydrogens is 272 g/mol. The zero-order valence-electron chi connectivity index (χ0n) is 12.7. The van der Waals surface area contributed by atoms with Gasteiger partial charge in [0.15, 0.2) is 0 Å². The Balaban J connectivity index is 0.000000885. The predicted molar refractivity (Wildman–Crippen MR) is 80.7 cm³/mol. The van der Waals surface area contributed by atoms with Crippen LogP contribution in [0.3, 0.4) is 0 Å². The van der Waals surface area contributed by atoms with Crippen molar-refractivity contribution in [3.05, 3.63) is 47.5 Å². The second kappa shape index (κ2) is 10.6. The second-order valence-corrected chi connectivity index (χ2v) is 4.54. The van der Waals surface area contributed by atoms with E-state index >= 15 is 0 Å². The molecule has 0 atom stereocenters. The van der Waals surface area contributed by atoms with Gasteiger partial charge in [-0.1, -0.05) is 17.7 Å². The molecule has 0 fully saturated rings. The van der Waals surface area contributed by atoms with Gasteiger partial charge in [0.1, 0.15) is 0 Å². The Kier molecular flexibility index (Phi) is 9.54. The summed E-state index contributed by atoms with van der Waals surface area (Å²) in [4.78, 5) is 22.5. The molecule has 5 heteroatoms. The molecule has 0 radical (unpaired) electrons. The lowest BCUT2D eigenvalue weighted by molar-refractivity contribution is 0.0459. The number of methoxy groups -OCH3 is 1. The zero-order chi connectivity index (χ0) is 16.3. The van der Waals surface area contributed by atoms with Crippen LogP contribution in [-0.4, -0.2) is 37.4 Å². The summed E-state index contributed by atoms with van der Waals surface area (Å²) in [5, 5.41) is 8.90. The minimum absolute atomic E-state index is 0.0516. The van der Waals surface area contributed by atoms with E-state index in [-0.39, 0.29) is 17.7 Å². The Morgan fingerprint density at radius 1 is 1.14 bits per heavy atom. The van der Waals surface area contributed by atoms with Crippen molar-refractivity contribution >= 4 is 11.9 Å². The SMILES string of the molecule is C=C(C)C.COCCCOC(=O)c1ccccc1C(=O)O. The molecule has 0 spiro atoms. The van der Waals surface area contributed by atoms with Gasteiger partial charge in [-0.2, -0.15) is 0 Å². The molecule has 0 amide bonds. The van der Waals surface area contributed by atoms with Crippen molar-refractivity contribution in [3.8, 4) is 0 Å². The molecule has 0 aliphatic carbocycles. The molecular formula is C16H22O5. The highest BCUT2D eigenvalue weighted by Gasteiger charge is 2.16. The summed E-state index contributed by atoms with van der Waals surface area (Å²) < 4.78 is 9.74. The fourth-order valence-electron chi connectivity index (χ4n) is 1.29. The van der Waals surface area contributed by atoms with Gasteiger partial charge in [0, 0.05) is 20.1 Å². The Hall–Kier alpha value is -2.14. The van der Waals surface area contributed by atoms with Crippen molar-refractivity contribution < 1.29 is 24.2 Å². The highest BCUT2D eigenvalue weighted by atomic mass is 16.5. The normalized spacial score (nSPS) is 9.29. The smallest absolute Gasteiger partial charge is 0.339 e. The van der Waals surface area contributed by atoms with Gasteiger partial charge in [0.2, 0.25) is 0 Å². The largest absolute Gasteiger partial charge is 0.478 e. The van der Waals surface area contributed by atoms with Gasteiger partial charge in [-0.05, 0) is 26.0 Å². The van der Waals surface area contributed by atoms with Crippen molar-refractivity contribution in [3.63, 3.8) is 0 Å². The maximum absolute atomic E-state index is 11.6. The van der Waals surface area contributed by atoms with E-state index in [9.17, 15) is 9.59 Å². The van der Waals surface area contributed by atoms with E-state index < -0.39 is 11.9 Å². The molecule has 0 heterocycles. The molecule has 0 aliphatic rings. The number of carbonyl (C=O) groups excluding carboxylic acids is 1. The minimum Gasteiger partial charge on any atom is -0.478 e. The van der Waals surface area contributed by atoms with Crippen LogP contribution in [0.2, 0.25) is 0 Å². The van der Waals surface area contributed by atoms with Gasteiger partial charge in [0.25, 0.3) is 0 Å². The van der Waals surface area contributed by atoms with Crippen LogP contribution in [-0.2, 0) is 9.47 Å². The van der Waals surface area contributed by atoms with E-state index in [1.807, 2.05) is 13.8 Å². The third kappa shape index (κ3) is 8.60. The zero-order valence-corrected chi connectivity index (χ0v) is 12.7. The number of esters is 1. The Bertz CT molecular complexity index is 475. The highest BCUT2D eigenvalue weighted by molar-refractivity contribution is 6.02. The maximum atomic E-state index is 11.6. The van der Waals surface area contributed by atoms with E-state index in [1.54, 1.807) is 19.2 Å². The molecule has 0 bridgehead atoms. The first kappa shape index (κ1) is 18.9. The summed E-state index contributed by atoms with van der Waals surface area (Å²) in [6.45, 7) is 8.20. The first-order valence-electron chi connectivity index (χ1n) is 6.50. The van der Waals surface area contributed by atoms with Crippen molar-refractivity contribution in [2.24, 2.45) is 0 Å². The average Bonchev–Trinajstić information content (AvgIpc) is 2.42. The van der Waals surface area contributed by atoms with Crippen LogP contribution >= 0.6 is 0 Å². The lowest BCUT2D eigenvalue weighted by atomic mass is 10.1. The minimum atomic E-state index is -1.14. The van der Waals surface area contributed by atoms with E-state index in [2.05, 4.69) is 6.58 Å². The number of hydrogen-bond donors (Lipinski definition) is 1. The van der Waals surface area contributed by atoms with Crippen LogP contribution in [0.4, 0.5) is 0 Å². The molecule has 1 aromatic carbocycles. The van der Waals surface area contributed by atoms with Gasteiger partial charge < -0.3 is 14.6 Å². The summed E-state index contributed by atoms with van der Waals surface area (Å²) in [5.41, 5.74) is 1.18. The van der Waals surface area contributed by atoms with Gasteiger partial charge in [-0.25, -0.2) is 9.59 Å². The van der Waals surface area contributed by atoms with Crippen molar-refractivity contribution in [2.45, 2.75) is 20.3 Å². The number of carboxylic acid groups (broad SMARTS) is 1. The highest BCUT2D eigenvalue weighted by Crippen LogP contribution is 2.10. The second-order valence-electron chi connectivity index (χ2n) is 4.54. The monoisotopic (exact) mass is 294 g/mol. The van der Waals surface area contributed by atoms with Crippen LogP contribution in [0.5, 0.6) is 0 Å². The molecule has 1 N–H and O–H groups in total. The Morgan fingerprint density at radius 3 is 2.14 bits per heavy atom. The third-order valence-corrected chi connectivity index (χ3v) is 2.10. The molecule has 1 rings (SSSR count). The maximum Gasteiger partial charge on any atom is 0.339 e. The molecule has 5 nitrogen and oxygen atoms in total. The number of rotatable bonds is 6. The third-order valence-electron chi connectivity index (χ3n) is 2.10. The van der Waals surface area contributed by atoms with Crippen molar-refractivity contribution in [1.82, 2.24) is 0 Å². The lowest BCUT2D eigenvalue weighted by Gasteiger charge is -2.06. The number of carboxylic acids is 1. The summed E-state index contributed by atoms with van der Waals surface area (Å²) in [6, 6.07) is 5.96. The average molecular weight is 294 g/mol. The van der Waals surface area contributed by atoms with Crippen LogP contribution < -0.4 is 0 Å². The summed E-state index contributed by atoms with van der Waals surface area (Å²) in [5.74, 6) is -1.77. The molecule has 1 aromatic rings. The van der Waals surface area contributed by atoms with E-state index in [1.165, 1.54) is 17.7 Å². The van der Waals surface area contributed by atoms with Gasteiger partial charge in [-0.15, -0.1) is 6.58 Å². The molecule has 0 saturated heterocycles. The van der Waals surface area contributed by atoms with E-state index in [4.69, 9.17) is 14.6 Å². The Labute approximate surface area is 125 Å². The van der Waals surface area contributed by atoms with Crippen LogP contribution in [0.25, 0.3) is 0 Å². The molecule has 0 aliphatic heterocycles. The Morgan fingerprint density at radius 2 is 1.67 bits per heavy atom. The van der Waals surface area contributed by atoms with Gasteiger partial charge in [-0.3, -0.25) is 0 Å². The fraction of sp³-hybridized carbons (Fsp3) is 0.375. The molecule has 116 valence electrons. The van der Waals surface area contributed by atoms with Crippen molar-refractivity contribution in [1.29, 1.82) is 0 Å². The number of hydrogen-bond acceptors (Lipinski definition) is 4. The predicted octanol–water partition coefficient (Wildman–Crippen LogP) is 3.16. The number of benzene rings is 1. The first-order valence-corrected chi connectivity index (χ1v) is 6.50. The summed E-state index contributed by atoms with van der Waals surface area (Å²) in [6.07, 6.45) is 0.581.